The van der Waals surface area contributed by atoms with E-state index in [2.05, 4.69) is 27.9 Å². The molecule has 0 fully saturated rings. The quantitative estimate of drug-likeness (QED) is 0.720. The Hall–Kier alpha value is -2.24. The number of aliphatic imine (C=N–C) groups is 1. The van der Waals surface area contributed by atoms with Gasteiger partial charge in [-0.05, 0) is 24.6 Å². The van der Waals surface area contributed by atoms with Crippen molar-refractivity contribution in [3.05, 3.63) is 29.8 Å². The van der Waals surface area contributed by atoms with E-state index < -0.39 is 0 Å². The van der Waals surface area contributed by atoms with Gasteiger partial charge in [-0.2, -0.15) is 0 Å². The Morgan fingerprint density at radius 2 is 2.40 bits per heavy atom. The molecule has 1 atom stereocenters. The van der Waals surface area contributed by atoms with Gasteiger partial charge in [0.15, 0.2) is 12.6 Å². The number of carbonyl (C=O) groups is 1. The van der Waals surface area contributed by atoms with Crippen LogP contribution in [0, 0.1) is 0 Å². The van der Waals surface area contributed by atoms with Crippen molar-refractivity contribution in [1.82, 2.24) is 16.0 Å². The third-order valence-electron chi connectivity index (χ3n) is 2.91. The van der Waals surface area contributed by atoms with E-state index in [0.717, 1.165) is 18.1 Å². The van der Waals surface area contributed by atoms with E-state index in [0.29, 0.717) is 18.3 Å². The molecule has 1 amide bonds. The Morgan fingerprint density at radius 3 is 3.10 bits per heavy atom. The summed E-state index contributed by atoms with van der Waals surface area (Å²) >= 11 is 0. The smallest absolute Gasteiger partial charge is 0.257 e. The van der Waals surface area contributed by atoms with Crippen LogP contribution in [0.25, 0.3) is 0 Å². The summed E-state index contributed by atoms with van der Waals surface area (Å²) < 4.78 is 5.40. The largest absolute Gasteiger partial charge is 0.484 e. The number of carbonyl (C=O) groups excluding carboxylic acids is 1. The first-order valence-electron chi connectivity index (χ1n) is 6.64. The van der Waals surface area contributed by atoms with Gasteiger partial charge in [-0.15, -0.1) is 0 Å². The van der Waals surface area contributed by atoms with Gasteiger partial charge in [0.1, 0.15) is 5.75 Å². The van der Waals surface area contributed by atoms with Crippen LogP contribution in [0.5, 0.6) is 5.75 Å². The third-order valence-corrected chi connectivity index (χ3v) is 2.91. The van der Waals surface area contributed by atoms with Crippen molar-refractivity contribution in [2.24, 2.45) is 4.99 Å². The maximum Gasteiger partial charge on any atom is 0.257 e. The van der Waals surface area contributed by atoms with Crippen LogP contribution in [0.3, 0.4) is 0 Å². The summed E-state index contributed by atoms with van der Waals surface area (Å²) in [5.41, 5.74) is 1.07. The average molecular weight is 276 g/mol. The van der Waals surface area contributed by atoms with E-state index in [-0.39, 0.29) is 12.5 Å². The average Bonchev–Trinajstić information content (AvgIpc) is 2.88. The summed E-state index contributed by atoms with van der Waals surface area (Å²) in [7, 11) is 1.59. The summed E-state index contributed by atoms with van der Waals surface area (Å²) in [5.74, 6) is 1.36. The molecular formula is C14H20N4O2. The lowest BCUT2D eigenvalue weighted by Gasteiger charge is -2.10. The Balaban J connectivity index is 1.84. The van der Waals surface area contributed by atoms with Crippen molar-refractivity contribution in [1.29, 1.82) is 0 Å². The van der Waals surface area contributed by atoms with Crippen molar-refractivity contribution in [3.63, 3.8) is 0 Å². The molecule has 1 heterocycles. The zero-order chi connectivity index (χ0) is 14.4. The second kappa shape index (κ2) is 6.79. The maximum absolute atomic E-state index is 11.1. The number of hydrogen-bond donors (Lipinski definition) is 3. The maximum atomic E-state index is 11.1. The molecule has 6 heteroatoms. The lowest BCUT2D eigenvalue weighted by atomic mass is 10.2. The first kappa shape index (κ1) is 14.2. The highest BCUT2D eigenvalue weighted by atomic mass is 16.5. The van der Waals surface area contributed by atoms with Crippen LogP contribution in [0.2, 0.25) is 0 Å². The van der Waals surface area contributed by atoms with Gasteiger partial charge in [-0.25, -0.2) is 0 Å². The summed E-state index contributed by atoms with van der Waals surface area (Å²) in [4.78, 5) is 15.5. The fourth-order valence-electron chi connectivity index (χ4n) is 1.81. The fourth-order valence-corrected chi connectivity index (χ4v) is 1.81. The van der Waals surface area contributed by atoms with Gasteiger partial charge in [0.2, 0.25) is 0 Å². The van der Waals surface area contributed by atoms with Crippen LogP contribution < -0.4 is 20.7 Å². The Morgan fingerprint density at radius 1 is 1.55 bits per heavy atom. The third kappa shape index (κ3) is 4.15. The van der Waals surface area contributed by atoms with E-state index in [1.54, 1.807) is 7.05 Å². The van der Waals surface area contributed by atoms with Gasteiger partial charge in [0, 0.05) is 19.6 Å². The van der Waals surface area contributed by atoms with Gasteiger partial charge >= 0.3 is 0 Å². The highest BCUT2D eigenvalue weighted by Gasteiger charge is 2.11. The molecule has 0 aliphatic carbocycles. The number of ether oxygens (including phenoxy) is 1. The Kier molecular flexibility index (Phi) is 4.81. The number of hydrogen-bond acceptors (Lipinski definition) is 5. The van der Waals surface area contributed by atoms with Crippen molar-refractivity contribution in [3.8, 4) is 5.75 Å². The first-order chi connectivity index (χ1) is 9.67. The van der Waals surface area contributed by atoms with Gasteiger partial charge in [-0.3, -0.25) is 9.79 Å². The van der Waals surface area contributed by atoms with Crippen LogP contribution in [0.1, 0.15) is 12.5 Å². The van der Waals surface area contributed by atoms with E-state index in [1.165, 1.54) is 0 Å². The van der Waals surface area contributed by atoms with Crippen molar-refractivity contribution in [2.75, 3.05) is 20.2 Å². The molecule has 1 aliphatic heterocycles. The summed E-state index contributed by atoms with van der Waals surface area (Å²) in [6.45, 7) is 3.58. The zero-order valence-electron chi connectivity index (χ0n) is 11.8. The van der Waals surface area contributed by atoms with E-state index >= 15 is 0 Å². The topological polar surface area (TPSA) is 74.8 Å². The molecule has 0 spiro atoms. The lowest BCUT2D eigenvalue weighted by Crippen LogP contribution is -2.37. The predicted molar refractivity (Wildman–Crippen MR) is 77.7 cm³/mol. The van der Waals surface area contributed by atoms with Crippen LogP contribution in [0.4, 0.5) is 0 Å². The first-order valence-corrected chi connectivity index (χ1v) is 6.64. The minimum Gasteiger partial charge on any atom is -0.484 e. The minimum atomic E-state index is -0.146. The molecule has 6 nitrogen and oxygen atoms in total. The molecular weight excluding hydrogens is 256 g/mol. The van der Waals surface area contributed by atoms with Gasteiger partial charge in [0.05, 0.1) is 6.54 Å². The van der Waals surface area contributed by atoms with Gasteiger partial charge < -0.3 is 20.7 Å². The second-order valence-electron chi connectivity index (χ2n) is 4.70. The summed E-state index contributed by atoms with van der Waals surface area (Å²) in [6, 6.07) is 8.04. The highest BCUT2D eigenvalue weighted by molar-refractivity contribution is 5.81. The Bertz CT molecular complexity index is 502. The van der Waals surface area contributed by atoms with E-state index in [1.807, 2.05) is 24.3 Å². The molecule has 1 aromatic rings. The van der Waals surface area contributed by atoms with Crippen molar-refractivity contribution < 1.29 is 9.53 Å². The second-order valence-corrected chi connectivity index (χ2v) is 4.70. The highest BCUT2D eigenvalue weighted by Crippen LogP contribution is 2.13. The molecule has 1 unspecified atom stereocenters. The molecule has 0 saturated heterocycles. The molecule has 0 radical (unpaired) electrons. The number of benzene rings is 1. The molecule has 0 bridgehead atoms. The number of rotatable bonds is 5. The standard InChI is InChI=1S/C14H20N4O2/c1-10-7-16-14(18-10)17-8-11-4-3-5-12(6-11)20-9-13(19)15-2/h3-6,10H,7-9H2,1-2H3,(H,15,19)(H2,16,17,18). The van der Waals surface area contributed by atoms with Crippen LogP contribution in [-0.4, -0.2) is 38.1 Å². The molecule has 2 rings (SSSR count). The van der Waals surface area contributed by atoms with Crippen LogP contribution >= 0.6 is 0 Å². The normalized spacial score (nSPS) is 17.1. The monoisotopic (exact) mass is 276 g/mol. The molecule has 1 aromatic carbocycles. The number of likely N-dealkylation sites (N-methyl/N-ethyl adjacent to an activating group) is 1. The Labute approximate surface area is 118 Å². The van der Waals surface area contributed by atoms with Crippen molar-refractivity contribution in [2.45, 2.75) is 19.5 Å². The van der Waals surface area contributed by atoms with Crippen LogP contribution in [-0.2, 0) is 11.3 Å². The fraction of sp³-hybridized carbons (Fsp3) is 0.429. The summed E-state index contributed by atoms with van der Waals surface area (Å²) in [6.07, 6.45) is 0. The van der Waals surface area contributed by atoms with Gasteiger partial charge in [0.25, 0.3) is 5.91 Å². The zero-order valence-corrected chi connectivity index (χ0v) is 11.8. The molecule has 20 heavy (non-hydrogen) atoms. The molecule has 0 aromatic heterocycles. The van der Waals surface area contributed by atoms with Gasteiger partial charge in [-0.1, -0.05) is 12.1 Å². The number of nitrogens with zero attached hydrogens (tertiary/aromatic N) is 1. The lowest BCUT2D eigenvalue weighted by molar-refractivity contribution is -0.122. The van der Waals surface area contributed by atoms with E-state index in [9.17, 15) is 4.79 Å². The number of guanidine groups is 1. The minimum absolute atomic E-state index is 0.0269. The summed E-state index contributed by atoms with van der Waals surface area (Å²) in [5, 5.41) is 8.99. The number of amides is 1. The van der Waals surface area contributed by atoms with Crippen molar-refractivity contribution >= 4 is 11.9 Å². The van der Waals surface area contributed by atoms with Crippen LogP contribution in [0.15, 0.2) is 29.3 Å². The molecule has 108 valence electrons. The number of nitrogens with one attached hydrogen (secondary N) is 3. The molecule has 0 saturated carbocycles. The van der Waals surface area contributed by atoms with E-state index in [4.69, 9.17) is 4.74 Å². The predicted octanol–water partition coefficient (Wildman–Crippen LogP) is 0.249. The SMILES string of the molecule is CNC(=O)COc1cccc(CNC2=NCC(C)N2)c1. The molecule has 3 N–H and O–H groups in total. The molecule has 1 aliphatic rings.